The van der Waals surface area contributed by atoms with Gasteiger partial charge in [-0.1, -0.05) is 18.2 Å². The van der Waals surface area contributed by atoms with Crippen molar-refractivity contribution >= 4 is 11.8 Å². The second kappa shape index (κ2) is 6.57. The minimum Gasteiger partial charge on any atom is -0.336 e. The molecule has 0 unspecified atom stereocenters. The number of nitrogens with one attached hydrogen (secondary N) is 2. The van der Waals surface area contributed by atoms with Gasteiger partial charge in [-0.25, -0.2) is 14.5 Å². The third-order valence-electron chi connectivity index (χ3n) is 3.07. The summed E-state index contributed by atoms with van der Waals surface area (Å²) < 4.78 is 3.60. The van der Waals surface area contributed by atoms with E-state index in [0.29, 0.717) is 18.9 Å². The van der Waals surface area contributed by atoms with Crippen molar-refractivity contribution in [3.05, 3.63) is 61.3 Å². The van der Waals surface area contributed by atoms with Gasteiger partial charge in [0.05, 0.1) is 12.0 Å². The number of para-hydroxylation sites is 1. The van der Waals surface area contributed by atoms with E-state index in [0.717, 1.165) is 5.69 Å². The molecule has 7 nitrogen and oxygen atoms in total. The highest BCUT2D eigenvalue weighted by molar-refractivity contribution is 5.88. The molecule has 1 aromatic carbocycles. The van der Waals surface area contributed by atoms with Crippen LogP contribution in [0.15, 0.2) is 61.3 Å². The molecule has 3 aromatic rings. The minimum absolute atomic E-state index is 0.279. The third-order valence-corrected chi connectivity index (χ3v) is 3.07. The number of anilines is 1. The number of rotatable bonds is 5. The third kappa shape index (κ3) is 3.51. The average Bonchev–Trinajstić information content (AvgIpc) is 3.20. The molecule has 0 atom stereocenters. The zero-order valence-corrected chi connectivity index (χ0v) is 11.9. The molecule has 0 aliphatic heterocycles. The summed E-state index contributed by atoms with van der Waals surface area (Å²) >= 11 is 0. The first-order valence-corrected chi connectivity index (χ1v) is 6.93. The largest absolute Gasteiger partial charge is 0.336 e. The van der Waals surface area contributed by atoms with Crippen molar-refractivity contribution in [2.24, 2.45) is 0 Å². The van der Waals surface area contributed by atoms with E-state index in [1.807, 2.05) is 41.1 Å². The van der Waals surface area contributed by atoms with Crippen molar-refractivity contribution in [3.63, 3.8) is 0 Å². The fourth-order valence-corrected chi connectivity index (χ4v) is 1.99. The smallest absolute Gasteiger partial charge is 0.320 e. The molecule has 0 saturated carbocycles. The zero-order valence-electron chi connectivity index (χ0n) is 11.9. The highest BCUT2D eigenvalue weighted by Gasteiger charge is 2.05. The highest BCUT2D eigenvalue weighted by atomic mass is 16.2. The highest BCUT2D eigenvalue weighted by Crippen LogP contribution is 2.09. The van der Waals surface area contributed by atoms with Crippen molar-refractivity contribution in [3.8, 4) is 5.69 Å². The van der Waals surface area contributed by atoms with Crippen LogP contribution in [0.2, 0.25) is 0 Å². The number of urea groups is 1. The summed E-state index contributed by atoms with van der Waals surface area (Å²) in [6.45, 7) is 1.19. The number of nitrogens with zero attached hydrogens (tertiary/aromatic N) is 4. The lowest BCUT2D eigenvalue weighted by molar-refractivity contribution is 0.251. The van der Waals surface area contributed by atoms with Gasteiger partial charge in [-0.3, -0.25) is 5.32 Å². The van der Waals surface area contributed by atoms with Crippen molar-refractivity contribution in [2.45, 2.75) is 6.54 Å². The summed E-state index contributed by atoms with van der Waals surface area (Å²) in [5.74, 6) is 0.504. The molecule has 0 bridgehead atoms. The topological polar surface area (TPSA) is 76.8 Å². The number of hydrogen-bond donors (Lipinski definition) is 2. The van der Waals surface area contributed by atoms with Gasteiger partial charge in [0.25, 0.3) is 0 Å². The molecule has 0 fully saturated rings. The number of benzene rings is 1. The van der Waals surface area contributed by atoms with E-state index in [1.54, 1.807) is 29.5 Å². The van der Waals surface area contributed by atoms with Crippen molar-refractivity contribution in [1.29, 1.82) is 0 Å². The summed E-state index contributed by atoms with van der Waals surface area (Å²) in [7, 11) is 0. The number of imidazole rings is 1. The first-order chi connectivity index (χ1) is 10.8. The van der Waals surface area contributed by atoms with Gasteiger partial charge in [-0.15, -0.1) is 5.10 Å². The maximum absolute atomic E-state index is 11.8. The van der Waals surface area contributed by atoms with Gasteiger partial charge in [0.15, 0.2) is 5.82 Å². The van der Waals surface area contributed by atoms with Crippen molar-refractivity contribution in [1.82, 2.24) is 24.6 Å². The van der Waals surface area contributed by atoms with Gasteiger partial charge in [-0.05, 0) is 12.1 Å². The summed E-state index contributed by atoms with van der Waals surface area (Å²) in [6.07, 6.45) is 7.06. The molecule has 7 heteroatoms. The van der Waals surface area contributed by atoms with Crippen LogP contribution in [0.3, 0.4) is 0 Å². The quantitative estimate of drug-likeness (QED) is 0.755. The Bertz CT molecular complexity index is 720. The molecule has 112 valence electrons. The first kappa shape index (κ1) is 13.9. The van der Waals surface area contributed by atoms with E-state index in [4.69, 9.17) is 0 Å². The van der Waals surface area contributed by atoms with Crippen LogP contribution in [0.4, 0.5) is 10.6 Å². The van der Waals surface area contributed by atoms with E-state index in [9.17, 15) is 4.79 Å². The van der Waals surface area contributed by atoms with E-state index in [1.165, 1.54) is 0 Å². The van der Waals surface area contributed by atoms with Crippen LogP contribution in [-0.4, -0.2) is 31.9 Å². The number of amides is 2. The Labute approximate surface area is 127 Å². The van der Waals surface area contributed by atoms with E-state index < -0.39 is 0 Å². The Balaban J connectivity index is 1.50. The molecule has 2 aromatic heterocycles. The van der Waals surface area contributed by atoms with Gasteiger partial charge in [0.1, 0.15) is 0 Å². The van der Waals surface area contributed by atoms with Gasteiger partial charge >= 0.3 is 6.03 Å². The maximum Gasteiger partial charge on any atom is 0.320 e. The van der Waals surface area contributed by atoms with E-state index in [2.05, 4.69) is 20.7 Å². The van der Waals surface area contributed by atoms with E-state index in [-0.39, 0.29) is 6.03 Å². The second-order valence-electron chi connectivity index (χ2n) is 4.66. The molecule has 0 aliphatic carbocycles. The number of aromatic nitrogens is 4. The lowest BCUT2D eigenvalue weighted by Crippen LogP contribution is -2.31. The number of carbonyl (C=O) groups excluding carboxylic acids is 1. The van der Waals surface area contributed by atoms with Gasteiger partial charge in [0.2, 0.25) is 0 Å². The Morgan fingerprint density at radius 1 is 1.14 bits per heavy atom. The molecular formula is C15H16N6O. The van der Waals surface area contributed by atoms with Gasteiger partial charge < -0.3 is 9.88 Å². The fourth-order valence-electron chi connectivity index (χ4n) is 1.99. The molecule has 2 N–H and O–H groups in total. The van der Waals surface area contributed by atoms with Crippen LogP contribution in [-0.2, 0) is 6.54 Å². The Morgan fingerprint density at radius 3 is 2.77 bits per heavy atom. The molecule has 0 saturated heterocycles. The van der Waals surface area contributed by atoms with Gasteiger partial charge in [-0.2, -0.15) is 0 Å². The van der Waals surface area contributed by atoms with Crippen LogP contribution < -0.4 is 10.6 Å². The van der Waals surface area contributed by atoms with Crippen LogP contribution in [0.25, 0.3) is 5.69 Å². The van der Waals surface area contributed by atoms with Crippen LogP contribution >= 0.6 is 0 Å². The molecule has 3 rings (SSSR count). The summed E-state index contributed by atoms with van der Waals surface area (Å²) in [5, 5.41) is 9.78. The lowest BCUT2D eigenvalue weighted by atomic mass is 10.3. The molecular weight excluding hydrogens is 280 g/mol. The molecule has 0 spiro atoms. The van der Waals surface area contributed by atoms with Crippen molar-refractivity contribution in [2.75, 3.05) is 11.9 Å². The Kier molecular flexibility index (Phi) is 4.15. The SMILES string of the molecule is O=C(NCCn1ccnc1)Nc1ccn(-c2ccccc2)n1. The summed E-state index contributed by atoms with van der Waals surface area (Å²) in [5.41, 5.74) is 0.941. The molecule has 2 heterocycles. The molecule has 22 heavy (non-hydrogen) atoms. The van der Waals surface area contributed by atoms with Crippen LogP contribution in [0.5, 0.6) is 0 Å². The van der Waals surface area contributed by atoms with Crippen LogP contribution in [0.1, 0.15) is 0 Å². The standard InChI is InChI=1S/C15H16N6O/c22-15(17-8-11-20-10-7-16-12-20)18-14-6-9-21(19-14)13-4-2-1-3-5-13/h1-7,9-10,12H,8,11H2,(H2,17,18,19,22). The Hall–Kier alpha value is -3.09. The first-order valence-electron chi connectivity index (χ1n) is 6.93. The predicted molar refractivity (Wildman–Crippen MR) is 82.8 cm³/mol. The van der Waals surface area contributed by atoms with E-state index >= 15 is 0 Å². The summed E-state index contributed by atoms with van der Waals surface area (Å²) in [6, 6.07) is 11.2. The lowest BCUT2D eigenvalue weighted by Gasteiger charge is -2.06. The maximum atomic E-state index is 11.8. The molecule has 0 aliphatic rings. The monoisotopic (exact) mass is 296 g/mol. The predicted octanol–water partition coefficient (Wildman–Crippen LogP) is 1.89. The number of hydrogen-bond acceptors (Lipinski definition) is 3. The normalized spacial score (nSPS) is 10.4. The molecule has 0 radical (unpaired) electrons. The average molecular weight is 296 g/mol. The molecule has 2 amide bonds. The second-order valence-corrected chi connectivity index (χ2v) is 4.66. The van der Waals surface area contributed by atoms with Gasteiger partial charge in [0, 0.05) is 37.7 Å². The minimum atomic E-state index is -0.279. The summed E-state index contributed by atoms with van der Waals surface area (Å²) in [4.78, 5) is 15.7. The Morgan fingerprint density at radius 2 is 2.00 bits per heavy atom. The van der Waals surface area contributed by atoms with Crippen LogP contribution in [0, 0.1) is 0 Å². The number of carbonyl (C=O) groups is 1. The van der Waals surface area contributed by atoms with Crippen molar-refractivity contribution < 1.29 is 4.79 Å². The fraction of sp³-hybridized carbons (Fsp3) is 0.133. The zero-order chi connectivity index (χ0) is 15.2.